The molecule has 0 amide bonds. The van der Waals surface area contributed by atoms with E-state index >= 15 is 0 Å². The molecular formula is C20H21NOS. The summed E-state index contributed by atoms with van der Waals surface area (Å²) in [7, 11) is 0. The van der Waals surface area contributed by atoms with Crippen LogP contribution in [0.2, 0.25) is 0 Å². The number of rotatable bonds is 2. The molecule has 3 unspecified atom stereocenters. The van der Waals surface area contributed by atoms with Gasteiger partial charge in [0, 0.05) is 10.8 Å². The maximum atomic E-state index is 10.4. The summed E-state index contributed by atoms with van der Waals surface area (Å²) in [5.74, 6) is 1.27. The zero-order chi connectivity index (χ0) is 16.0. The topological polar surface area (TPSA) is 32.3 Å². The Labute approximate surface area is 141 Å². The van der Waals surface area contributed by atoms with Gasteiger partial charge in [0.1, 0.15) is 5.75 Å². The molecule has 0 aromatic heterocycles. The minimum absolute atomic E-state index is 0.242. The van der Waals surface area contributed by atoms with Crippen molar-refractivity contribution in [1.29, 1.82) is 0 Å². The first kappa shape index (κ1) is 14.7. The second-order valence-electron chi connectivity index (χ2n) is 6.44. The lowest BCUT2D eigenvalue weighted by molar-refractivity contribution is 0.414. The smallest absolute Gasteiger partial charge is 0.139 e. The van der Waals surface area contributed by atoms with Crippen molar-refractivity contribution in [2.45, 2.75) is 30.2 Å². The lowest BCUT2D eigenvalue weighted by Gasteiger charge is -2.38. The number of allylic oxidation sites excluding steroid dienone is 2. The van der Waals surface area contributed by atoms with Crippen molar-refractivity contribution in [2.24, 2.45) is 5.92 Å². The van der Waals surface area contributed by atoms with Crippen LogP contribution in [0.4, 0.5) is 5.69 Å². The Bertz CT molecular complexity index is 766. The van der Waals surface area contributed by atoms with Gasteiger partial charge in [-0.1, -0.05) is 30.4 Å². The summed E-state index contributed by atoms with van der Waals surface area (Å²) in [5, 5.41) is 14.0. The fourth-order valence-electron chi connectivity index (χ4n) is 4.02. The summed E-state index contributed by atoms with van der Waals surface area (Å²) in [5.41, 5.74) is 4.73. The first-order valence-electron chi connectivity index (χ1n) is 8.08. The molecule has 1 aliphatic heterocycles. The number of hydrogen-bond donors (Lipinski definition) is 2. The minimum atomic E-state index is 0.242. The number of aryl methyl sites for hydroxylation is 1. The fraction of sp³-hybridized carbons (Fsp3) is 0.300. The van der Waals surface area contributed by atoms with Crippen LogP contribution in [0, 0.1) is 12.8 Å². The Morgan fingerprint density at radius 2 is 1.91 bits per heavy atom. The standard InChI is InChI=1S/C20H21NOS/c1-12-6-11-17(22)20-18(12)15-4-3-5-16(15)19(21-20)13-7-9-14(23-2)10-8-13/h3-4,6-11,15-16,19,21-22H,5H2,1-2H3. The van der Waals surface area contributed by atoms with E-state index in [-0.39, 0.29) is 6.04 Å². The average molecular weight is 323 g/mol. The van der Waals surface area contributed by atoms with E-state index in [0.29, 0.717) is 17.6 Å². The van der Waals surface area contributed by atoms with Crippen LogP contribution >= 0.6 is 11.8 Å². The van der Waals surface area contributed by atoms with E-state index in [0.717, 1.165) is 12.1 Å². The fourth-order valence-corrected chi connectivity index (χ4v) is 4.43. The van der Waals surface area contributed by atoms with E-state index in [4.69, 9.17) is 0 Å². The average Bonchev–Trinajstić information content (AvgIpc) is 3.07. The highest BCUT2D eigenvalue weighted by Gasteiger charge is 2.39. The van der Waals surface area contributed by atoms with Crippen LogP contribution in [0.25, 0.3) is 0 Å². The van der Waals surface area contributed by atoms with Gasteiger partial charge < -0.3 is 10.4 Å². The van der Waals surface area contributed by atoms with Crippen molar-refractivity contribution < 1.29 is 5.11 Å². The molecule has 2 aromatic rings. The zero-order valence-corrected chi connectivity index (χ0v) is 14.2. The Morgan fingerprint density at radius 3 is 2.65 bits per heavy atom. The van der Waals surface area contributed by atoms with Crippen LogP contribution in [-0.4, -0.2) is 11.4 Å². The van der Waals surface area contributed by atoms with E-state index in [1.54, 1.807) is 17.8 Å². The van der Waals surface area contributed by atoms with Crippen LogP contribution in [0.15, 0.2) is 53.4 Å². The third-order valence-electron chi connectivity index (χ3n) is 5.19. The lowest BCUT2D eigenvalue weighted by Crippen LogP contribution is -2.29. The molecule has 2 aliphatic rings. The molecule has 2 nitrogen and oxygen atoms in total. The Balaban J connectivity index is 1.79. The number of aromatic hydroxyl groups is 1. The summed E-state index contributed by atoms with van der Waals surface area (Å²) >= 11 is 1.76. The van der Waals surface area contributed by atoms with Gasteiger partial charge in [-0.15, -0.1) is 11.8 Å². The second kappa shape index (κ2) is 5.64. The van der Waals surface area contributed by atoms with E-state index < -0.39 is 0 Å². The summed E-state index contributed by atoms with van der Waals surface area (Å²) in [6.07, 6.45) is 7.79. The number of hydrogen-bond acceptors (Lipinski definition) is 3. The number of fused-ring (bicyclic) bond motifs is 3. The Kier molecular flexibility index (Phi) is 3.61. The highest BCUT2D eigenvalue weighted by molar-refractivity contribution is 7.98. The molecule has 0 spiro atoms. The third kappa shape index (κ3) is 2.34. The lowest BCUT2D eigenvalue weighted by atomic mass is 9.75. The highest BCUT2D eigenvalue weighted by atomic mass is 32.2. The number of thioether (sulfide) groups is 1. The molecule has 3 heteroatoms. The predicted molar refractivity (Wildman–Crippen MR) is 97.4 cm³/mol. The Hall–Kier alpha value is -1.87. The molecule has 4 rings (SSSR count). The van der Waals surface area contributed by atoms with Crippen molar-refractivity contribution in [2.75, 3.05) is 11.6 Å². The van der Waals surface area contributed by atoms with Crippen LogP contribution in [0.3, 0.4) is 0 Å². The van der Waals surface area contributed by atoms with Crippen molar-refractivity contribution >= 4 is 17.4 Å². The maximum Gasteiger partial charge on any atom is 0.139 e. The van der Waals surface area contributed by atoms with Crippen molar-refractivity contribution in [3.05, 3.63) is 65.2 Å². The normalized spacial score (nSPS) is 24.9. The quantitative estimate of drug-likeness (QED) is 0.450. The van der Waals surface area contributed by atoms with E-state index in [1.165, 1.54) is 21.6 Å². The maximum absolute atomic E-state index is 10.4. The largest absolute Gasteiger partial charge is 0.506 e. The van der Waals surface area contributed by atoms with Gasteiger partial charge in [-0.25, -0.2) is 0 Å². The molecule has 0 saturated carbocycles. The molecule has 1 aliphatic carbocycles. The molecule has 0 fully saturated rings. The number of anilines is 1. The molecule has 2 aromatic carbocycles. The molecule has 0 radical (unpaired) electrons. The first-order chi connectivity index (χ1) is 11.2. The van der Waals surface area contributed by atoms with Gasteiger partial charge in [-0.2, -0.15) is 0 Å². The van der Waals surface area contributed by atoms with Crippen LogP contribution in [0.5, 0.6) is 5.75 Å². The van der Waals surface area contributed by atoms with E-state index in [9.17, 15) is 5.11 Å². The molecule has 1 heterocycles. The Morgan fingerprint density at radius 1 is 1.13 bits per heavy atom. The van der Waals surface area contributed by atoms with Crippen LogP contribution in [0.1, 0.15) is 35.1 Å². The second-order valence-corrected chi connectivity index (χ2v) is 7.32. The molecule has 0 bridgehead atoms. The van der Waals surface area contributed by atoms with Gasteiger partial charge in [0.15, 0.2) is 0 Å². The van der Waals surface area contributed by atoms with E-state index in [2.05, 4.69) is 54.9 Å². The van der Waals surface area contributed by atoms with Gasteiger partial charge in [-0.3, -0.25) is 0 Å². The molecule has 23 heavy (non-hydrogen) atoms. The molecule has 3 atom stereocenters. The number of benzene rings is 2. The number of phenolic OH excluding ortho intramolecular Hbond substituents is 1. The summed E-state index contributed by atoms with van der Waals surface area (Å²) in [4.78, 5) is 1.28. The van der Waals surface area contributed by atoms with Crippen molar-refractivity contribution in [1.82, 2.24) is 0 Å². The van der Waals surface area contributed by atoms with Crippen LogP contribution in [-0.2, 0) is 0 Å². The van der Waals surface area contributed by atoms with Crippen molar-refractivity contribution in [3.63, 3.8) is 0 Å². The van der Waals surface area contributed by atoms with E-state index in [1.807, 2.05) is 6.07 Å². The van der Waals surface area contributed by atoms with Gasteiger partial charge in [-0.05, 0) is 60.4 Å². The highest BCUT2D eigenvalue weighted by Crippen LogP contribution is 2.53. The predicted octanol–water partition coefficient (Wildman–Crippen LogP) is 5.25. The monoisotopic (exact) mass is 323 g/mol. The third-order valence-corrected chi connectivity index (χ3v) is 5.93. The molecule has 2 N–H and O–H groups in total. The van der Waals surface area contributed by atoms with Crippen LogP contribution < -0.4 is 5.32 Å². The summed E-state index contributed by atoms with van der Waals surface area (Å²) in [6.45, 7) is 2.14. The summed E-state index contributed by atoms with van der Waals surface area (Å²) in [6, 6.07) is 12.9. The summed E-state index contributed by atoms with van der Waals surface area (Å²) < 4.78 is 0. The van der Waals surface area contributed by atoms with Gasteiger partial charge in [0.25, 0.3) is 0 Å². The van der Waals surface area contributed by atoms with Gasteiger partial charge in [0.05, 0.1) is 11.7 Å². The SMILES string of the molecule is CSc1ccc(C2Nc3c(O)ccc(C)c3C3C=CCC32)cc1. The van der Waals surface area contributed by atoms with Gasteiger partial charge in [0.2, 0.25) is 0 Å². The molecular weight excluding hydrogens is 302 g/mol. The number of phenols is 1. The number of nitrogens with one attached hydrogen (secondary N) is 1. The van der Waals surface area contributed by atoms with Gasteiger partial charge >= 0.3 is 0 Å². The van der Waals surface area contributed by atoms with Crippen molar-refractivity contribution in [3.8, 4) is 5.75 Å². The first-order valence-corrected chi connectivity index (χ1v) is 9.31. The molecule has 118 valence electrons. The minimum Gasteiger partial charge on any atom is -0.506 e. The molecule has 0 saturated heterocycles. The zero-order valence-electron chi connectivity index (χ0n) is 13.4.